The van der Waals surface area contributed by atoms with Gasteiger partial charge in [0.25, 0.3) is 0 Å². The maximum atomic E-state index is 6.60. The van der Waals surface area contributed by atoms with Gasteiger partial charge in [0.1, 0.15) is 0 Å². The molecule has 0 aliphatic carbocycles. The first kappa shape index (κ1) is 13.8. The van der Waals surface area contributed by atoms with E-state index in [0.717, 1.165) is 27.6 Å². The molecular weight excluding hydrogens is 280 g/mol. The molecule has 0 radical (unpaired) electrons. The largest absolute Gasteiger partial charge is 0.312 e. The molecule has 0 fully saturated rings. The molecule has 0 bridgehead atoms. The first-order valence-corrected chi connectivity index (χ1v) is 7.16. The maximum Gasteiger partial charge on any atom is 0.0867 e. The number of fused-ring (bicyclic) bond motifs is 1. The molecule has 0 atom stereocenters. The number of benzene rings is 3. The molecule has 0 aliphatic heterocycles. The fraction of sp³-hybridized carbons (Fsp3) is 0.0556. The summed E-state index contributed by atoms with van der Waals surface area (Å²) in [6.07, 6.45) is 0. The van der Waals surface area contributed by atoms with Crippen molar-refractivity contribution in [3.8, 4) is 0 Å². The predicted octanol–water partition coefficient (Wildman–Crippen LogP) is 4.25. The van der Waals surface area contributed by atoms with Crippen molar-refractivity contribution in [3.63, 3.8) is 0 Å². The number of nitrogens with two attached hydrogens (primary N) is 1. The molecule has 3 rings (SSSR count). The molecule has 0 amide bonds. The zero-order valence-electron chi connectivity index (χ0n) is 11.5. The Labute approximate surface area is 128 Å². The zero-order chi connectivity index (χ0) is 14.7. The van der Waals surface area contributed by atoms with Gasteiger partial charge in [-0.3, -0.25) is 4.99 Å². The van der Waals surface area contributed by atoms with Crippen molar-refractivity contribution < 1.29 is 0 Å². The van der Waals surface area contributed by atoms with Gasteiger partial charge < -0.3 is 5.73 Å². The molecule has 3 heteroatoms. The van der Waals surface area contributed by atoms with E-state index in [4.69, 9.17) is 17.3 Å². The highest BCUT2D eigenvalue weighted by Crippen LogP contribution is 2.29. The average Bonchev–Trinajstić information content (AvgIpc) is 2.55. The summed E-state index contributed by atoms with van der Waals surface area (Å²) in [4.78, 5) is 4.44. The monoisotopic (exact) mass is 294 g/mol. The van der Waals surface area contributed by atoms with Gasteiger partial charge in [0.15, 0.2) is 0 Å². The standard InChI is InChI=1S/C18H15ClN2/c19-17-15-9-5-4-6-13(15)10-11-16(17)18(21-12-20)14-7-2-1-3-8-14/h1-11H,12,20H2/b21-18-. The molecule has 0 spiro atoms. The first-order chi connectivity index (χ1) is 10.3. The SMILES string of the molecule is NC/N=C(/c1ccccc1)c1ccc2ccccc2c1Cl. The summed E-state index contributed by atoms with van der Waals surface area (Å²) in [5, 5.41) is 2.85. The Morgan fingerprint density at radius 1 is 0.905 bits per heavy atom. The van der Waals surface area contributed by atoms with E-state index < -0.39 is 0 Å². The molecule has 0 saturated heterocycles. The molecule has 3 aromatic rings. The van der Waals surface area contributed by atoms with Crippen LogP contribution in [0.5, 0.6) is 0 Å². The lowest BCUT2D eigenvalue weighted by Gasteiger charge is -2.11. The molecule has 2 nitrogen and oxygen atoms in total. The van der Waals surface area contributed by atoms with Crippen molar-refractivity contribution in [2.45, 2.75) is 0 Å². The molecule has 21 heavy (non-hydrogen) atoms. The second-order valence-corrected chi connectivity index (χ2v) is 5.08. The van der Waals surface area contributed by atoms with Crippen LogP contribution >= 0.6 is 11.6 Å². The Morgan fingerprint density at radius 2 is 1.62 bits per heavy atom. The lowest BCUT2D eigenvalue weighted by Crippen LogP contribution is -2.08. The zero-order valence-corrected chi connectivity index (χ0v) is 12.2. The molecule has 3 aromatic carbocycles. The van der Waals surface area contributed by atoms with Crippen LogP contribution in [-0.4, -0.2) is 12.4 Å². The lowest BCUT2D eigenvalue weighted by molar-refractivity contribution is 1.07. The minimum atomic E-state index is 0.230. The third kappa shape index (κ3) is 2.68. The third-order valence-electron chi connectivity index (χ3n) is 3.42. The van der Waals surface area contributed by atoms with Crippen molar-refractivity contribution in [1.82, 2.24) is 0 Å². The van der Waals surface area contributed by atoms with E-state index >= 15 is 0 Å². The molecule has 0 saturated carbocycles. The quantitative estimate of drug-likeness (QED) is 0.721. The molecule has 0 aliphatic rings. The van der Waals surface area contributed by atoms with Crippen molar-refractivity contribution in [3.05, 3.63) is 82.9 Å². The smallest absolute Gasteiger partial charge is 0.0867 e. The van der Waals surface area contributed by atoms with Gasteiger partial charge in [0.05, 0.1) is 17.4 Å². The highest BCUT2D eigenvalue weighted by Gasteiger charge is 2.12. The molecule has 0 heterocycles. The topological polar surface area (TPSA) is 38.4 Å². The van der Waals surface area contributed by atoms with E-state index in [-0.39, 0.29) is 6.67 Å². The fourth-order valence-electron chi connectivity index (χ4n) is 2.44. The Kier molecular flexibility index (Phi) is 4.00. The van der Waals surface area contributed by atoms with Crippen LogP contribution in [0.2, 0.25) is 5.02 Å². The van der Waals surface area contributed by atoms with Crippen LogP contribution < -0.4 is 5.73 Å². The summed E-state index contributed by atoms with van der Waals surface area (Å²) in [6.45, 7) is 0.230. The number of rotatable bonds is 3. The van der Waals surface area contributed by atoms with Gasteiger partial charge in [0, 0.05) is 16.5 Å². The van der Waals surface area contributed by atoms with Crippen LogP contribution in [0.4, 0.5) is 0 Å². The van der Waals surface area contributed by atoms with Crippen LogP contribution in [0.15, 0.2) is 71.7 Å². The highest BCUT2D eigenvalue weighted by atomic mass is 35.5. The molecule has 0 unspecified atom stereocenters. The van der Waals surface area contributed by atoms with E-state index in [1.165, 1.54) is 0 Å². The van der Waals surface area contributed by atoms with Crippen LogP contribution in [0.1, 0.15) is 11.1 Å². The third-order valence-corrected chi connectivity index (χ3v) is 3.82. The molecular formula is C18H15ClN2. The summed E-state index contributed by atoms with van der Waals surface area (Å²) in [7, 11) is 0. The van der Waals surface area contributed by atoms with Crippen molar-refractivity contribution in [1.29, 1.82) is 0 Å². The Hall–Kier alpha value is -2.16. The maximum absolute atomic E-state index is 6.60. The van der Waals surface area contributed by atoms with Crippen LogP contribution in [-0.2, 0) is 0 Å². The number of nitrogens with zero attached hydrogens (tertiary/aromatic N) is 1. The van der Waals surface area contributed by atoms with Crippen LogP contribution in [0.25, 0.3) is 10.8 Å². The normalized spacial score (nSPS) is 11.8. The first-order valence-electron chi connectivity index (χ1n) is 6.79. The summed E-state index contributed by atoms with van der Waals surface area (Å²) in [5.74, 6) is 0. The average molecular weight is 295 g/mol. The Balaban J connectivity index is 2.22. The van der Waals surface area contributed by atoms with Gasteiger partial charge in [-0.1, -0.05) is 78.3 Å². The molecule has 2 N–H and O–H groups in total. The number of hydrogen-bond acceptors (Lipinski definition) is 2. The van der Waals surface area contributed by atoms with Crippen LogP contribution in [0, 0.1) is 0 Å². The number of aliphatic imine (C=N–C) groups is 1. The van der Waals surface area contributed by atoms with Gasteiger partial charge in [-0.15, -0.1) is 0 Å². The summed E-state index contributed by atoms with van der Waals surface area (Å²) in [5.41, 5.74) is 8.39. The van der Waals surface area contributed by atoms with Gasteiger partial charge in [0.2, 0.25) is 0 Å². The van der Waals surface area contributed by atoms with E-state index in [2.05, 4.69) is 11.1 Å². The summed E-state index contributed by atoms with van der Waals surface area (Å²) >= 11 is 6.60. The molecule has 0 aromatic heterocycles. The van der Waals surface area contributed by atoms with Crippen molar-refractivity contribution in [2.24, 2.45) is 10.7 Å². The van der Waals surface area contributed by atoms with E-state index in [9.17, 15) is 0 Å². The predicted molar refractivity (Wildman–Crippen MR) is 90.1 cm³/mol. The van der Waals surface area contributed by atoms with Crippen molar-refractivity contribution in [2.75, 3.05) is 6.67 Å². The molecule has 104 valence electrons. The minimum Gasteiger partial charge on any atom is -0.312 e. The minimum absolute atomic E-state index is 0.230. The number of hydrogen-bond donors (Lipinski definition) is 1. The highest BCUT2D eigenvalue weighted by molar-refractivity contribution is 6.40. The van der Waals surface area contributed by atoms with E-state index in [1.807, 2.05) is 60.7 Å². The number of halogens is 1. The van der Waals surface area contributed by atoms with Crippen molar-refractivity contribution >= 4 is 28.1 Å². The lowest BCUT2D eigenvalue weighted by atomic mass is 9.99. The Bertz CT molecular complexity index is 795. The Morgan fingerprint density at radius 3 is 2.38 bits per heavy atom. The van der Waals surface area contributed by atoms with Gasteiger partial charge in [-0.05, 0) is 5.39 Å². The van der Waals surface area contributed by atoms with E-state index in [1.54, 1.807) is 0 Å². The van der Waals surface area contributed by atoms with Gasteiger partial charge in [-0.25, -0.2) is 0 Å². The van der Waals surface area contributed by atoms with E-state index in [0.29, 0.717) is 5.02 Å². The fourth-order valence-corrected chi connectivity index (χ4v) is 2.76. The second-order valence-electron chi connectivity index (χ2n) is 4.70. The van der Waals surface area contributed by atoms with Gasteiger partial charge >= 0.3 is 0 Å². The van der Waals surface area contributed by atoms with Crippen LogP contribution in [0.3, 0.4) is 0 Å². The van der Waals surface area contributed by atoms with Gasteiger partial charge in [-0.2, -0.15) is 0 Å². The summed E-state index contributed by atoms with van der Waals surface area (Å²) in [6, 6.07) is 22.1. The summed E-state index contributed by atoms with van der Waals surface area (Å²) < 4.78 is 0. The second kappa shape index (κ2) is 6.08.